The van der Waals surface area contributed by atoms with Crippen LogP contribution in [-0.4, -0.2) is 24.1 Å². The number of benzene rings is 3. The first-order chi connectivity index (χ1) is 13.1. The third-order valence-corrected chi connectivity index (χ3v) is 4.73. The molecule has 3 aromatic rings. The number of carbonyl (C=O) groups excluding carboxylic acids is 3. The molecule has 0 saturated carbocycles. The lowest BCUT2D eigenvalue weighted by Crippen LogP contribution is -2.16. The van der Waals surface area contributed by atoms with E-state index in [2.05, 4.69) is 0 Å². The lowest BCUT2D eigenvalue weighted by atomic mass is 10.0. The van der Waals surface area contributed by atoms with Crippen molar-refractivity contribution in [2.45, 2.75) is 0 Å². The maximum absolute atomic E-state index is 12.7. The Balaban J connectivity index is 1.57. The van der Waals surface area contributed by atoms with Crippen LogP contribution in [-0.2, 0) is 4.74 Å². The zero-order valence-corrected chi connectivity index (χ0v) is 14.8. The van der Waals surface area contributed by atoms with Gasteiger partial charge in [-0.2, -0.15) is 0 Å². The largest absolute Gasteiger partial charge is 0.454 e. The van der Waals surface area contributed by atoms with Crippen molar-refractivity contribution in [3.05, 3.63) is 94.0 Å². The SMILES string of the molecule is O=C(COC(=O)c1cccc2c1C(=O)c1ccccc1-2)c1ccc(Cl)cc1. The van der Waals surface area contributed by atoms with E-state index in [1.165, 1.54) is 6.07 Å². The summed E-state index contributed by atoms with van der Waals surface area (Å²) < 4.78 is 5.17. The minimum atomic E-state index is -0.699. The van der Waals surface area contributed by atoms with Crippen LogP contribution in [0.4, 0.5) is 0 Å². The number of ketones is 2. The Morgan fingerprint density at radius 2 is 1.48 bits per heavy atom. The number of carbonyl (C=O) groups is 3. The lowest BCUT2D eigenvalue weighted by molar-refractivity contribution is 0.0473. The number of ether oxygens (including phenoxy) is 1. The Labute approximate surface area is 160 Å². The minimum Gasteiger partial charge on any atom is -0.454 e. The van der Waals surface area contributed by atoms with Crippen LogP contribution in [0.2, 0.25) is 5.02 Å². The molecule has 0 fully saturated rings. The zero-order valence-electron chi connectivity index (χ0n) is 14.1. The summed E-state index contributed by atoms with van der Waals surface area (Å²) in [5.74, 6) is -1.25. The predicted molar refractivity (Wildman–Crippen MR) is 101 cm³/mol. The molecular weight excluding hydrogens is 364 g/mol. The van der Waals surface area contributed by atoms with Gasteiger partial charge in [-0.3, -0.25) is 9.59 Å². The highest BCUT2D eigenvalue weighted by Gasteiger charge is 2.31. The summed E-state index contributed by atoms with van der Waals surface area (Å²) in [6.07, 6.45) is 0. The van der Waals surface area contributed by atoms with Gasteiger partial charge in [0.15, 0.2) is 18.2 Å². The fourth-order valence-electron chi connectivity index (χ4n) is 3.17. The van der Waals surface area contributed by atoms with Crippen molar-refractivity contribution in [1.82, 2.24) is 0 Å². The third kappa shape index (κ3) is 3.04. The molecule has 0 spiro atoms. The van der Waals surface area contributed by atoms with E-state index in [4.69, 9.17) is 16.3 Å². The normalized spacial score (nSPS) is 11.7. The van der Waals surface area contributed by atoms with Crippen LogP contribution in [0.1, 0.15) is 36.6 Å². The summed E-state index contributed by atoms with van der Waals surface area (Å²) in [5, 5.41) is 0.515. The standard InChI is InChI=1S/C22H13ClO4/c23-14-10-8-13(9-11-14)19(24)12-27-22(26)18-7-3-6-16-15-4-1-2-5-17(15)21(25)20(16)18/h1-11H,12H2. The van der Waals surface area contributed by atoms with Gasteiger partial charge in [0.1, 0.15) is 0 Å². The molecule has 4 rings (SSSR count). The first-order valence-electron chi connectivity index (χ1n) is 8.29. The molecule has 0 radical (unpaired) electrons. The van der Waals surface area contributed by atoms with Gasteiger partial charge < -0.3 is 4.74 Å². The van der Waals surface area contributed by atoms with Crippen LogP contribution in [0.5, 0.6) is 0 Å². The van der Waals surface area contributed by atoms with E-state index in [-0.39, 0.29) is 17.1 Å². The molecule has 27 heavy (non-hydrogen) atoms. The van der Waals surface area contributed by atoms with E-state index in [1.54, 1.807) is 48.5 Å². The van der Waals surface area contributed by atoms with Gasteiger partial charge >= 0.3 is 5.97 Å². The third-order valence-electron chi connectivity index (χ3n) is 4.47. The maximum Gasteiger partial charge on any atom is 0.339 e. The quantitative estimate of drug-likeness (QED) is 0.386. The molecule has 0 saturated heterocycles. The van der Waals surface area contributed by atoms with Crippen molar-refractivity contribution < 1.29 is 19.1 Å². The number of esters is 1. The summed E-state index contributed by atoms with van der Waals surface area (Å²) in [6.45, 7) is -0.411. The van der Waals surface area contributed by atoms with E-state index in [1.807, 2.05) is 12.1 Å². The average molecular weight is 377 g/mol. The molecule has 4 nitrogen and oxygen atoms in total. The molecule has 0 N–H and O–H groups in total. The van der Waals surface area contributed by atoms with Crippen molar-refractivity contribution in [3.63, 3.8) is 0 Å². The number of hydrogen-bond donors (Lipinski definition) is 0. The van der Waals surface area contributed by atoms with Crippen LogP contribution in [0.25, 0.3) is 11.1 Å². The highest BCUT2D eigenvalue weighted by Crippen LogP contribution is 2.38. The van der Waals surface area contributed by atoms with E-state index in [0.29, 0.717) is 27.3 Å². The highest BCUT2D eigenvalue weighted by molar-refractivity contribution is 6.30. The van der Waals surface area contributed by atoms with E-state index in [0.717, 1.165) is 5.56 Å². The fourth-order valence-corrected chi connectivity index (χ4v) is 3.30. The van der Waals surface area contributed by atoms with Crippen molar-refractivity contribution >= 4 is 29.1 Å². The molecule has 0 heterocycles. The molecule has 5 heteroatoms. The van der Waals surface area contributed by atoms with E-state index in [9.17, 15) is 14.4 Å². The summed E-state index contributed by atoms with van der Waals surface area (Å²) in [5.41, 5.74) is 2.94. The monoisotopic (exact) mass is 376 g/mol. The van der Waals surface area contributed by atoms with Crippen LogP contribution >= 0.6 is 11.6 Å². The molecule has 132 valence electrons. The van der Waals surface area contributed by atoms with Gasteiger partial charge in [-0.1, -0.05) is 48.0 Å². The van der Waals surface area contributed by atoms with E-state index < -0.39 is 12.6 Å². The Kier molecular flexibility index (Phi) is 4.34. The predicted octanol–water partition coefficient (Wildman–Crippen LogP) is 4.59. The molecule has 0 bridgehead atoms. The first kappa shape index (κ1) is 17.2. The molecule has 1 aliphatic carbocycles. The second kappa shape index (κ2) is 6.82. The van der Waals surface area contributed by atoms with Gasteiger partial charge in [-0.25, -0.2) is 4.79 Å². The van der Waals surface area contributed by atoms with Gasteiger partial charge in [-0.15, -0.1) is 0 Å². The number of hydrogen-bond acceptors (Lipinski definition) is 4. The van der Waals surface area contributed by atoms with Crippen molar-refractivity contribution in [2.75, 3.05) is 6.61 Å². The lowest BCUT2D eigenvalue weighted by Gasteiger charge is -2.08. The number of halogens is 1. The van der Waals surface area contributed by atoms with Crippen LogP contribution in [0, 0.1) is 0 Å². The number of fused-ring (bicyclic) bond motifs is 3. The molecule has 0 unspecified atom stereocenters. The van der Waals surface area contributed by atoms with Crippen LogP contribution in [0.3, 0.4) is 0 Å². The topological polar surface area (TPSA) is 60.4 Å². The number of Topliss-reactive ketones (excluding diaryl/α,β-unsaturated/α-hetero) is 1. The van der Waals surface area contributed by atoms with Gasteiger partial charge in [0.05, 0.1) is 5.56 Å². The van der Waals surface area contributed by atoms with Gasteiger partial charge in [0.25, 0.3) is 0 Å². The molecule has 3 aromatic carbocycles. The Morgan fingerprint density at radius 1 is 0.815 bits per heavy atom. The second-order valence-electron chi connectivity index (χ2n) is 6.11. The summed E-state index contributed by atoms with van der Waals surface area (Å²) >= 11 is 5.80. The number of rotatable bonds is 4. The molecule has 1 aliphatic rings. The zero-order chi connectivity index (χ0) is 19.0. The molecule has 0 aliphatic heterocycles. The fraction of sp³-hybridized carbons (Fsp3) is 0.0455. The summed E-state index contributed by atoms with van der Waals surface area (Å²) in [4.78, 5) is 37.4. The molecular formula is C22H13ClO4. The Morgan fingerprint density at radius 3 is 2.22 bits per heavy atom. The second-order valence-corrected chi connectivity index (χ2v) is 6.55. The summed E-state index contributed by atoms with van der Waals surface area (Å²) in [6, 6.07) is 18.6. The smallest absolute Gasteiger partial charge is 0.339 e. The van der Waals surface area contributed by atoms with Crippen molar-refractivity contribution in [3.8, 4) is 11.1 Å². The molecule has 0 aromatic heterocycles. The van der Waals surface area contributed by atoms with Gasteiger partial charge in [0, 0.05) is 21.7 Å². The first-order valence-corrected chi connectivity index (χ1v) is 8.67. The average Bonchev–Trinajstić information content (AvgIpc) is 2.99. The van der Waals surface area contributed by atoms with E-state index >= 15 is 0 Å². The van der Waals surface area contributed by atoms with Crippen LogP contribution < -0.4 is 0 Å². The van der Waals surface area contributed by atoms with Crippen LogP contribution in [0.15, 0.2) is 66.7 Å². The molecule has 0 atom stereocenters. The Bertz CT molecular complexity index is 1080. The Hall–Kier alpha value is -3.24. The minimum absolute atomic E-state index is 0.164. The highest BCUT2D eigenvalue weighted by atomic mass is 35.5. The van der Waals surface area contributed by atoms with Gasteiger partial charge in [-0.05, 0) is 41.5 Å². The van der Waals surface area contributed by atoms with Crippen molar-refractivity contribution in [2.24, 2.45) is 0 Å². The van der Waals surface area contributed by atoms with Gasteiger partial charge in [0.2, 0.25) is 0 Å². The van der Waals surface area contributed by atoms with Crippen molar-refractivity contribution in [1.29, 1.82) is 0 Å². The molecule has 0 amide bonds. The summed E-state index contributed by atoms with van der Waals surface area (Å²) in [7, 11) is 0. The maximum atomic E-state index is 12.7.